The maximum atomic E-state index is 13.2. The first-order valence-electron chi connectivity index (χ1n) is 6.00. The van der Waals surface area contributed by atoms with Gasteiger partial charge in [-0.15, -0.1) is 0 Å². The molecule has 0 unspecified atom stereocenters. The van der Waals surface area contributed by atoms with Crippen molar-refractivity contribution < 1.29 is 22.8 Å². The van der Waals surface area contributed by atoms with Crippen molar-refractivity contribution in [3.63, 3.8) is 0 Å². The Morgan fingerprint density at radius 2 is 2.10 bits per heavy atom. The quantitative estimate of drug-likeness (QED) is 0.397. The van der Waals surface area contributed by atoms with Gasteiger partial charge < -0.3 is 5.11 Å². The van der Waals surface area contributed by atoms with E-state index in [1.165, 1.54) is 11.8 Å². The van der Waals surface area contributed by atoms with Crippen LogP contribution in [0.15, 0.2) is 23.1 Å². The standard InChI is InChI=1S/C11H15FN2O5S2/c12-10-3-2-9(8-11(10)14(16)17)21(18,19)13-4-7-20-6-1-5-15/h2-3,8,13,15H,1,4-7H2. The van der Waals surface area contributed by atoms with Crippen molar-refractivity contribution in [2.24, 2.45) is 0 Å². The largest absolute Gasteiger partial charge is 0.396 e. The lowest BCUT2D eigenvalue weighted by atomic mass is 10.3. The van der Waals surface area contributed by atoms with Crippen LogP contribution in [0, 0.1) is 15.9 Å². The predicted octanol–water partition coefficient (Wildman–Crippen LogP) is 1.13. The molecule has 0 aliphatic carbocycles. The average Bonchev–Trinajstić information content (AvgIpc) is 2.42. The fraction of sp³-hybridized carbons (Fsp3) is 0.455. The van der Waals surface area contributed by atoms with E-state index in [0.717, 1.165) is 12.1 Å². The van der Waals surface area contributed by atoms with E-state index >= 15 is 0 Å². The first-order valence-corrected chi connectivity index (χ1v) is 8.64. The van der Waals surface area contributed by atoms with E-state index in [4.69, 9.17) is 5.11 Å². The summed E-state index contributed by atoms with van der Waals surface area (Å²) in [4.78, 5) is 9.26. The minimum Gasteiger partial charge on any atom is -0.396 e. The lowest BCUT2D eigenvalue weighted by molar-refractivity contribution is -0.387. The number of sulfonamides is 1. The number of halogens is 1. The van der Waals surface area contributed by atoms with E-state index in [1.807, 2.05) is 0 Å². The molecular weight excluding hydrogens is 323 g/mol. The molecule has 0 atom stereocenters. The molecule has 1 aromatic carbocycles. The van der Waals surface area contributed by atoms with Gasteiger partial charge in [0.25, 0.3) is 0 Å². The SMILES string of the molecule is O=[N+]([O-])c1cc(S(=O)(=O)NCCSCCCO)ccc1F. The second kappa shape index (κ2) is 8.27. The van der Waals surface area contributed by atoms with Gasteiger partial charge in [0.05, 0.1) is 9.82 Å². The number of hydrogen-bond acceptors (Lipinski definition) is 6. The van der Waals surface area contributed by atoms with Crippen molar-refractivity contribution >= 4 is 27.5 Å². The van der Waals surface area contributed by atoms with Gasteiger partial charge in [0.2, 0.25) is 15.8 Å². The molecule has 0 saturated carbocycles. The molecule has 2 N–H and O–H groups in total. The summed E-state index contributed by atoms with van der Waals surface area (Å²) in [6.45, 7) is 0.224. The Bertz CT molecular complexity index is 594. The van der Waals surface area contributed by atoms with Crippen molar-refractivity contribution in [1.29, 1.82) is 0 Å². The maximum absolute atomic E-state index is 13.2. The third kappa shape index (κ3) is 5.58. The summed E-state index contributed by atoms with van der Waals surface area (Å²) >= 11 is 1.47. The van der Waals surface area contributed by atoms with Crippen molar-refractivity contribution in [2.45, 2.75) is 11.3 Å². The first kappa shape index (κ1) is 17.8. The fourth-order valence-corrected chi connectivity index (χ4v) is 3.36. The molecule has 0 aliphatic heterocycles. The summed E-state index contributed by atoms with van der Waals surface area (Å²) in [5.74, 6) is 0.126. The smallest absolute Gasteiger partial charge is 0.306 e. The molecule has 0 heterocycles. The number of hydrogen-bond donors (Lipinski definition) is 2. The van der Waals surface area contributed by atoms with E-state index in [2.05, 4.69) is 4.72 Å². The summed E-state index contributed by atoms with van der Waals surface area (Å²) in [5, 5.41) is 19.2. The van der Waals surface area contributed by atoms with Crippen molar-refractivity contribution in [2.75, 3.05) is 24.7 Å². The van der Waals surface area contributed by atoms with Crippen LogP contribution in [0.1, 0.15) is 6.42 Å². The van der Waals surface area contributed by atoms with Crippen LogP contribution < -0.4 is 4.72 Å². The Kier molecular flexibility index (Phi) is 7.02. The van der Waals surface area contributed by atoms with Gasteiger partial charge >= 0.3 is 5.69 Å². The molecule has 21 heavy (non-hydrogen) atoms. The predicted molar refractivity (Wildman–Crippen MR) is 77.3 cm³/mol. The zero-order valence-electron chi connectivity index (χ0n) is 11.0. The number of nitro benzene ring substituents is 1. The van der Waals surface area contributed by atoms with Crippen LogP contribution in [-0.4, -0.2) is 43.1 Å². The zero-order valence-corrected chi connectivity index (χ0v) is 12.6. The number of aliphatic hydroxyl groups excluding tert-OH is 1. The molecule has 0 aliphatic rings. The number of nitrogens with one attached hydrogen (secondary N) is 1. The van der Waals surface area contributed by atoms with Crippen molar-refractivity contribution in [3.05, 3.63) is 34.1 Å². The lowest BCUT2D eigenvalue weighted by Crippen LogP contribution is -2.26. The number of aliphatic hydroxyl groups is 1. The molecule has 118 valence electrons. The van der Waals surface area contributed by atoms with Crippen LogP contribution in [0.3, 0.4) is 0 Å². The Labute approximate surface area is 125 Å². The molecular formula is C11H15FN2O5S2. The maximum Gasteiger partial charge on any atom is 0.306 e. The highest BCUT2D eigenvalue weighted by Crippen LogP contribution is 2.21. The Hall–Kier alpha value is -1.23. The molecule has 10 heteroatoms. The van der Waals surface area contributed by atoms with E-state index < -0.39 is 26.5 Å². The molecule has 1 aromatic rings. The summed E-state index contributed by atoms with van der Waals surface area (Å²) in [6, 6.07) is 2.42. The summed E-state index contributed by atoms with van der Waals surface area (Å²) < 4.78 is 39.2. The third-order valence-corrected chi connectivity index (χ3v) is 4.94. The monoisotopic (exact) mass is 338 g/mol. The molecule has 0 radical (unpaired) electrons. The highest BCUT2D eigenvalue weighted by atomic mass is 32.2. The van der Waals surface area contributed by atoms with Gasteiger partial charge in [0.1, 0.15) is 0 Å². The Morgan fingerprint density at radius 3 is 2.71 bits per heavy atom. The second-order valence-corrected chi connectivity index (χ2v) is 6.95. The van der Waals surface area contributed by atoms with Gasteiger partial charge in [0.15, 0.2) is 0 Å². The van der Waals surface area contributed by atoms with Crippen LogP contribution in [0.5, 0.6) is 0 Å². The number of nitrogens with zero attached hydrogens (tertiary/aromatic N) is 1. The fourth-order valence-electron chi connectivity index (χ4n) is 1.40. The summed E-state index contributed by atoms with van der Waals surface area (Å²) in [6.07, 6.45) is 0.627. The number of rotatable bonds is 9. The first-order chi connectivity index (χ1) is 9.88. The minimum absolute atomic E-state index is 0.0813. The van der Waals surface area contributed by atoms with Gasteiger partial charge in [-0.25, -0.2) is 13.1 Å². The summed E-state index contributed by atoms with van der Waals surface area (Å²) in [5.41, 5.74) is -0.879. The van der Waals surface area contributed by atoms with Gasteiger partial charge in [-0.2, -0.15) is 16.2 Å². The van der Waals surface area contributed by atoms with Gasteiger partial charge in [0, 0.05) is 25.0 Å². The van der Waals surface area contributed by atoms with E-state index in [1.54, 1.807) is 0 Å². The van der Waals surface area contributed by atoms with Crippen LogP contribution in [0.2, 0.25) is 0 Å². The molecule has 0 saturated heterocycles. The van der Waals surface area contributed by atoms with Crippen LogP contribution in [-0.2, 0) is 10.0 Å². The van der Waals surface area contributed by atoms with Crippen LogP contribution in [0.4, 0.5) is 10.1 Å². The van der Waals surface area contributed by atoms with E-state index in [-0.39, 0.29) is 18.0 Å². The third-order valence-electron chi connectivity index (χ3n) is 2.41. The molecule has 0 spiro atoms. The van der Waals surface area contributed by atoms with Gasteiger partial charge in [-0.3, -0.25) is 10.1 Å². The Morgan fingerprint density at radius 1 is 1.38 bits per heavy atom. The Balaban J connectivity index is 2.66. The second-order valence-electron chi connectivity index (χ2n) is 3.96. The number of nitro groups is 1. The molecule has 0 aromatic heterocycles. The topological polar surface area (TPSA) is 110 Å². The van der Waals surface area contributed by atoms with E-state index in [0.29, 0.717) is 24.0 Å². The summed E-state index contributed by atoms with van der Waals surface area (Å²) in [7, 11) is -3.91. The number of thioether (sulfide) groups is 1. The van der Waals surface area contributed by atoms with Crippen LogP contribution in [0.25, 0.3) is 0 Å². The van der Waals surface area contributed by atoms with Gasteiger partial charge in [-0.1, -0.05) is 0 Å². The average molecular weight is 338 g/mol. The van der Waals surface area contributed by atoms with Crippen molar-refractivity contribution in [3.8, 4) is 0 Å². The van der Waals surface area contributed by atoms with Gasteiger partial charge in [-0.05, 0) is 24.3 Å². The van der Waals surface area contributed by atoms with Crippen LogP contribution >= 0.6 is 11.8 Å². The lowest BCUT2D eigenvalue weighted by Gasteiger charge is -2.06. The molecule has 0 amide bonds. The zero-order chi connectivity index (χ0) is 15.9. The molecule has 7 nitrogen and oxygen atoms in total. The highest BCUT2D eigenvalue weighted by Gasteiger charge is 2.21. The normalized spacial score (nSPS) is 11.5. The minimum atomic E-state index is -3.91. The number of benzene rings is 1. The molecule has 0 fully saturated rings. The highest BCUT2D eigenvalue weighted by molar-refractivity contribution is 7.99. The molecule has 0 bridgehead atoms. The van der Waals surface area contributed by atoms with E-state index in [9.17, 15) is 22.9 Å². The van der Waals surface area contributed by atoms with Crippen molar-refractivity contribution in [1.82, 2.24) is 4.72 Å². The molecule has 1 rings (SSSR count).